The molecule has 5 heteroatoms. The molecule has 3 unspecified atom stereocenters. The lowest BCUT2D eigenvalue weighted by Crippen LogP contribution is -2.48. The summed E-state index contributed by atoms with van der Waals surface area (Å²) < 4.78 is 0. The van der Waals surface area contributed by atoms with Gasteiger partial charge < -0.3 is 20.6 Å². The smallest absolute Gasteiger partial charge is 0.249 e. The van der Waals surface area contributed by atoms with Crippen LogP contribution < -0.4 is 5.32 Å². The molecule has 0 radical (unpaired) electrons. The van der Waals surface area contributed by atoms with Crippen LogP contribution in [0.25, 0.3) is 0 Å². The van der Waals surface area contributed by atoms with Crippen molar-refractivity contribution in [2.45, 2.75) is 199 Å². The van der Waals surface area contributed by atoms with Gasteiger partial charge in [-0.25, -0.2) is 0 Å². The van der Waals surface area contributed by atoms with Gasteiger partial charge in [0, 0.05) is 0 Å². The van der Waals surface area contributed by atoms with Crippen molar-refractivity contribution in [2.75, 3.05) is 6.61 Å². The summed E-state index contributed by atoms with van der Waals surface area (Å²) in [6.07, 6.45) is 41.7. The summed E-state index contributed by atoms with van der Waals surface area (Å²) in [5, 5.41) is 32.8. The van der Waals surface area contributed by atoms with Gasteiger partial charge in [0.05, 0.1) is 18.8 Å². The zero-order valence-corrected chi connectivity index (χ0v) is 29.0. The Bertz CT molecular complexity index is 690. The molecule has 0 bridgehead atoms. The van der Waals surface area contributed by atoms with E-state index in [1.165, 1.54) is 103 Å². The Balaban J connectivity index is 3.76. The topological polar surface area (TPSA) is 89.8 Å². The third-order valence-corrected chi connectivity index (χ3v) is 8.45. The number of aliphatic hydroxyl groups excluding tert-OH is 3. The molecule has 0 heterocycles. The highest BCUT2D eigenvalue weighted by atomic mass is 16.3. The minimum Gasteiger partial charge on any atom is -0.394 e. The Labute approximate surface area is 273 Å². The molecule has 258 valence electrons. The molecule has 0 aromatic rings. The number of allylic oxidation sites excluding steroid dienone is 5. The van der Waals surface area contributed by atoms with E-state index < -0.39 is 24.2 Å². The number of unbranched alkanes of at least 4 members (excludes halogenated alkanes) is 21. The Morgan fingerprint density at radius 1 is 0.545 bits per heavy atom. The second-order valence-corrected chi connectivity index (χ2v) is 12.8. The number of rotatable bonds is 33. The Kier molecular flexibility index (Phi) is 33.3. The quantitative estimate of drug-likeness (QED) is 0.0435. The van der Waals surface area contributed by atoms with Crippen LogP contribution in [0.5, 0.6) is 0 Å². The van der Waals surface area contributed by atoms with E-state index in [2.05, 4.69) is 43.5 Å². The summed E-state index contributed by atoms with van der Waals surface area (Å²) >= 11 is 0. The van der Waals surface area contributed by atoms with Crippen LogP contribution >= 0.6 is 0 Å². The highest BCUT2D eigenvalue weighted by Gasteiger charge is 2.22. The van der Waals surface area contributed by atoms with Gasteiger partial charge >= 0.3 is 0 Å². The van der Waals surface area contributed by atoms with Gasteiger partial charge in [-0.15, -0.1) is 0 Å². The number of nitrogens with one attached hydrogen (secondary N) is 1. The standard InChI is InChI=1S/C39H73NO4/c1-3-5-7-9-11-13-15-16-17-18-19-20-21-22-23-24-26-27-29-31-33-37(42)36(35-41)40-39(44)38(43)34-32-30-28-25-14-12-10-8-6-4-2/h10,12,24,26,31,33,36-38,41-43H,3-9,11,13-23,25,27-30,32,34-35H2,1-2H3,(H,40,44)/b12-10-,26-24+,33-31+. The molecule has 1 amide bonds. The average molecular weight is 620 g/mol. The SMILES string of the molecule is CCCC/C=C\CCCCCCC(O)C(=O)NC(CO)C(O)/C=C/CC/C=C/CCCCCCCCCCCCCCCC. The molecule has 0 saturated heterocycles. The lowest BCUT2D eigenvalue weighted by Gasteiger charge is -2.21. The van der Waals surface area contributed by atoms with Crippen LogP contribution in [-0.4, -0.2) is 46.1 Å². The van der Waals surface area contributed by atoms with Crippen LogP contribution in [0, 0.1) is 0 Å². The lowest BCUT2D eigenvalue weighted by atomic mass is 10.0. The highest BCUT2D eigenvalue weighted by molar-refractivity contribution is 5.80. The molecule has 0 spiro atoms. The van der Waals surface area contributed by atoms with Gasteiger partial charge in [0.2, 0.25) is 5.91 Å². The summed E-state index contributed by atoms with van der Waals surface area (Å²) in [4.78, 5) is 12.3. The molecule has 4 N–H and O–H groups in total. The van der Waals surface area contributed by atoms with Crippen LogP contribution in [0.3, 0.4) is 0 Å². The Morgan fingerprint density at radius 2 is 0.955 bits per heavy atom. The van der Waals surface area contributed by atoms with Crippen LogP contribution in [0.1, 0.15) is 181 Å². The van der Waals surface area contributed by atoms with Crippen molar-refractivity contribution >= 4 is 5.91 Å². The maximum atomic E-state index is 12.3. The molecule has 0 rings (SSSR count). The third-order valence-electron chi connectivity index (χ3n) is 8.45. The largest absolute Gasteiger partial charge is 0.394 e. The monoisotopic (exact) mass is 620 g/mol. The third kappa shape index (κ3) is 29.3. The number of carbonyl (C=O) groups is 1. The lowest BCUT2D eigenvalue weighted by molar-refractivity contribution is -0.131. The van der Waals surface area contributed by atoms with Crippen molar-refractivity contribution in [1.82, 2.24) is 5.32 Å². The first-order valence-electron chi connectivity index (χ1n) is 18.8. The van der Waals surface area contributed by atoms with Crippen molar-refractivity contribution in [3.8, 4) is 0 Å². The Morgan fingerprint density at radius 3 is 1.45 bits per heavy atom. The number of hydrogen-bond donors (Lipinski definition) is 4. The van der Waals surface area contributed by atoms with Gasteiger partial charge in [0.25, 0.3) is 0 Å². The normalized spacial score (nSPS) is 14.2. The minimum atomic E-state index is -1.11. The molecule has 5 nitrogen and oxygen atoms in total. The summed E-state index contributed by atoms with van der Waals surface area (Å²) in [6, 6.07) is -0.816. The van der Waals surface area contributed by atoms with Gasteiger partial charge in [-0.1, -0.05) is 166 Å². The maximum Gasteiger partial charge on any atom is 0.249 e. The van der Waals surface area contributed by atoms with Crippen LogP contribution in [0.2, 0.25) is 0 Å². The number of aliphatic hydroxyl groups is 3. The molecule has 0 aliphatic heterocycles. The fourth-order valence-corrected chi connectivity index (χ4v) is 5.41. The van der Waals surface area contributed by atoms with Crippen LogP contribution in [0.4, 0.5) is 0 Å². The first kappa shape index (κ1) is 42.6. The van der Waals surface area contributed by atoms with Crippen molar-refractivity contribution in [3.05, 3.63) is 36.5 Å². The van der Waals surface area contributed by atoms with Crippen LogP contribution in [0.15, 0.2) is 36.5 Å². The van der Waals surface area contributed by atoms with E-state index in [1.54, 1.807) is 6.08 Å². The molecule has 44 heavy (non-hydrogen) atoms. The molecule has 0 aliphatic rings. The van der Waals surface area contributed by atoms with E-state index in [1.807, 2.05) is 6.08 Å². The zero-order valence-electron chi connectivity index (χ0n) is 29.0. The van der Waals surface area contributed by atoms with Crippen molar-refractivity contribution in [1.29, 1.82) is 0 Å². The molecule has 0 aromatic heterocycles. The van der Waals surface area contributed by atoms with Crippen molar-refractivity contribution < 1.29 is 20.1 Å². The number of hydrogen-bond acceptors (Lipinski definition) is 4. The first-order valence-corrected chi connectivity index (χ1v) is 18.8. The number of carbonyl (C=O) groups excluding carboxylic acids is 1. The van der Waals surface area contributed by atoms with E-state index in [4.69, 9.17) is 0 Å². The van der Waals surface area contributed by atoms with E-state index in [0.717, 1.165) is 57.8 Å². The van der Waals surface area contributed by atoms with Crippen LogP contribution in [-0.2, 0) is 4.79 Å². The second kappa shape index (κ2) is 34.4. The summed E-state index contributed by atoms with van der Waals surface area (Å²) in [7, 11) is 0. The molecule has 0 aliphatic carbocycles. The van der Waals surface area contributed by atoms with Crippen molar-refractivity contribution in [2.24, 2.45) is 0 Å². The molecule has 0 saturated carbocycles. The van der Waals surface area contributed by atoms with Crippen molar-refractivity contribution in [3.63, 3.8) is 0 Å². The number of amides is 1. The van der Waals surface area contributed by atoms with E-state index in [0.29, 0.717) is 6.42 Å². The molecule has 3 atom stereocenters. The van der Waals surface area contributed by atoms with Gasteiger partial charge in [0.15, 0.2) is 0 Å². The second-order valence-electron chi connectivity index (χ2n) is 12.8. The van der Waals surface area contributed by atoms with Gasteiger partial charge in [0.1, 0.15) is 6.10 Å². The zero-order chi connectivity index (χ0) is 32.4. The van der Waals surface area contributed by atoms with E-state index in [9.17, 15) is 20.1 Å². The Hall–Kier alpha value is -1.43. The molecule has 0 aromatic carbocycles. The van der Waals surface area contributed by atoms with E-state index in [-0.39, 0.29) is 6.61 Å². The molecular formula is C39H73NO4. The molecule has 0 fully saturated rings. The predicted molar refractivity (Wildman–Crippen MR) is 190 cm³/mol. The summed E-state index contributed by atoms with van der Waals surface area (Å²) in [5.41, 5.74) is 0. The summed E-state index contributed by atoms with van der Waals surface area (Å²) in [5.74, 6) is -0.526. The average Bonchev–Trinajstić information content (AvgIpc) is 3.03. The maximum absolute atomic E-state index is 12.3. The predicted octanol–water partition coefficient (Wildman–Crippen LogP) is 10.0. The highest BCUT2D eigenvalue weighted by Crippen LogP contribution is 2.14. The fraction of sp³-hybridized carbons (Fsp3) is 0.821. The first-order chi connectivity index (χ1) is 21.6. The van der Waals surface area contributed by atoms with Gasteiger partial charge in [-0.3, -0.25) is 4.79 Å². The minimum absolute atomic E-state index is 0.380. The molecular weight excluding hydrogens is 546 g/mol. The van der Waals surface area contributed by atoms with E-state index >= 15 is 0 Å². The fourth-order valence-electron chi connectivity index (χ4n) is 5.41. The summed E-state index contributed by atoms with van der Waals surface area (Å²) in [6.45, 7) is 4.10. The van der Waals surface area contributed by atoms with Gasteiger partial charge in [-0.2, -0.15) is 0 Å². The van der Waals surface area contributed by atoms with Gasteiger partial charge in [-0.05, 0) is 51.4 Å².